The van der Waals surface area contributed by atoms with E-state index in [1.165, 1.54) is 23.5 Å². The van der Waals surface area contributed by atoms with Crippen LogP contribution < -0.4 is 10.6 Å². The minimum atomic E-state index is -0.244. The van der Waals surface area contributed by atoms with Crippen LogP contribution in [0.25, 0.3) is 0 Å². The van der Waals surface area contributed by atoms with Gasteiger partial charge in [0.25, 0.3) is 0 Å². The fourth-order valence-electron chi connectivity index (χ4n) is 2.56. The molecule has 0 aliphatic heterocycles. The molecule has 3 rings (SSSR count). The molecule has 0 atom stereocenters. The fraction of sp³-hybridized carbons (Fsp3) is 0.250. The first kappa shape index (κ1) is 19.0. The van der Waals surface area contributed by atoms with E-state index in [0.717, 1.165) is 33.4 Å². The average molecular weight is 384 g/mol. The van der Waals surface area contributed by atoms with Crippen LogP contribution in [-0.2, 0) is 17.8 Å². The summed E-state index contributed by atoms with van der Waals surface area (Å²) in [5.74, 6) is -0.219. The van der Waals surface area contributed by atoms with E-state index in [9.17, 15) is 9.18 Å². The molecule has 2 aromatic carbocycles. The number of hydrogen-bond acceptors (Lipinski definition) is 5. The summed E-state index contributed by atoms with van der Waals surface area (Å²) in [6.07, 6.45) is 1.97. The van der Waals surface area contributed by atoms with Gasteiger partial charge in [-0.25, -0.2) is 4.39 Å². The molecule has 0 spiro atoms. The van der Waals surface area contributed by atoms with Crippen molar-refractivity contribution in [3.63, 3.8) is 0 Å². The largest absolute Gasteiger partial charge is 0.356 e. The molecule has 140 valence electrons. The van der Waals surface area contributed by atoms with Crippen molar-refractivity contribution in [2.45, 2.75) is 32.7 Å². The number of aromatic nitrogens is 2. The van der Waals surface area contributed by atoms with Gasteiger partial charge in [-0.2, -0.15) is 0 Å². The molecule has 27 heavy (non-hydrogen) atoms. The van der Waals surface area contributed by atoms with Crippen LogP contribution >= 0.6 is 11.3 Å². The standard InChI is InChI=1S/C20H21FN4OS/c1-2-4-18(26)23-17-6-3-5-15(11-17)13-22-20-25-24-19(27-20)12-14-7-9-16(21)10-8-14/h3,5-11H,2,4,12-13H2,1H3,(H,22,25)(H,23,26). The molecule has 0 fully saturated rings. The lowest BCUT2D eigenvalue weighted by Crippen LogP contribution is -2.11. The lowest BCUT2D eigenvalue weighted by atomic mass is 10.2. The Kier molecular flexibility index (Phi) is 6.49. The van der Waals surface area contributed by atoms with Gasteiger partial charge >= 0.3 is 0 Å². The van der Waals surface area contributed by atoms with Gasteiger partial charge in [-0.1, -0.05) is 42.5 Å². The summed E-state index contributed by atoms with van der Waals surface area (Å²) in [5.41, 5.74) is 2.83. The Bertz CT molecular complexity index is 895. The number of carbonyl (C=O) groups excluding carboxylic acids is 1. The lowest BCUT2D eigenvalue weighted by molar-refractivity contribution is -0.116. The highest BCUT2D eigenvalue weighted by Crippen LogP contribution is 2.20. The number of anilines is 2. The molecule has 3 aromatic rings. The summed E-state index contributed by atoms with van der Waals surface area (Å²) < 4.78 is 13.0. The number of carbonyl (C=O) groups is 1. The van der Waals surface area contributed by atoms with Crippen molar-refractivity contribution in [1.29, 1.82) is 0 Å². The molecule has 0 saturated carbocycles. The Hall–Kier alpha value is -2.80. The fourth-order valence-corrected chi connectivity index (χ4v) is 3.33. The third kappa shape index (κ3) is 5.86. The molecule has 7 heteroatoms. The summed E-state index contributed by atoms with van der Waals surface area (Å²) in [6, 6.07) is 14.1. The molecule has 0 bridgehead atoms. The van der Waals surface area contributed by atoms with Gasteiger partial charge in [-0.15, -0.1) is 10.2 Å². The number of halogens is 1. The highest BCUT2D eigenvalue weighted by atomic mass is 32.1. The summed E-state index contributed by atoms with van der Waals surface area (Å²) in [4.78, 5) is 11.7. The highest BCUT2D eigenvalue weighted by Gasteiger charge is 2.06. The van der Waals surface area contributed by atoms with Crippen LogP contribution in [0, 0.1) is 5.82 Å². The first-order chi connectivity index (χ1) is 13.1. The Morgan fingerprint density at radius 1 is 1.11 bits per heavy atom. The van der Waals surface area contributed by atoms with Crippen LogP contribution in [0.3, 0.4) is 0 Å². The topological polar surface area (TPSA) is 66.9 Å². The molecular weight excluding hydrogens is 363 g/mol. The Labute approximate surface area is 161 Å². The lowest BCUT2D eigenvalue weighted by Gasteiger charge is -2.07. The predicted molar refractivity (Wildman–Crippen MR) is 106 cm³/mol. The molecule has 1 amide bonds. The predicted octanol–water partition coefficient (Wildman–Crippen LogP) is 4.62. The first-order valence-electron chi connectivity index (χ1n) is 8.82. The third-order valence-corrected chi connectivity index (χ3v) is 4.75. The van der Waals surface area contributed by atoms with E-state index in [2.05, 4.69) is 20.8 Å². The molecule has 5 nitrogen and oxygen atoms in total. The second-order valence-corrected chi connectivity index (χ2v) is 7.22. The van der Waals surface area contributed by atoms with E-state index in [-0.39, 0.29) is 11.7 Å². The zero-order chi connectivity index (χ0) is 19.1. The summed E-state index contributed by atoms with van der Waals surface area (Å²) >= 11 is 1.48. The van der Waals surface area contributed by atoms with E-state index in [1.54, 1.807) is 12.1 Å². The van der Waals surface area contributed by atoms with Crippen molar-refractivity contribution in [3.8, 4) is 0 Å². The minimum Gasteiger partial charge on any atom is -0.356 e. The van der Waals surface area contributed by atoms with Crippen LogP contribution in [0.1, 0.15) is 35.9 Å². The molecule has 0 unspecified atom stereocenters. The van der Waals surface area contributed by atoms with Crippen molar-refractivity contribution < 1.29 is 9.18 Å². The van der Waals surface area contributed by atoms with E-state index in [4.69, 9.17) is 0 Å². The van der Waals surface area contributed by atoms with Crippen molar-refractivity contribution in [3.05, 3.63) is 70.5 Å². The normalized spacial score (nSPS) is 10.6. The SMILES string of the molecule is CCCC(=O)Nc1cccc(CNc2nnc(Cc3ccc(F)cc3)s2)c1. The zero-order valence-corrected chi connectivity index (χ0v) is 15.9. The van der Waals surface area contributed by atoms with Gasteiger partial charge in [-0.3, -0.25) is 4.79 Å². The Balaban J connectivity index is 1.55. The van der Waals surface area contributed by atoms with Gasteiger partial charge < -0.3 is 10.6 Å². The van der Waals surface area contributed by atoms with E-state index >= 15 is 0 Å². The maximum absolute atomic E-state index is 13.0. The highest BCUT2D eigenvalue weighted by molar-refractivity contribution is 7.15. The van der Waals surface area contributed by atoms with Crippen LogP contribution in [0.5, 0.6) is 0 Å². The van der Waals surface area contributed by atoms with Gasteiger partial charge in [0, 0.05) is 25.1 Å². The second kappa shape index (κ2) is 9.23. The number of amides is 1. The molecule has 1 heterocycles. The van der Waals surface area contributed by atoms with Crippen LogP contribution in [0.4, 0.5) is 15.2 Å². The first-order valence-corrected chi connectivity index (χ1v) is 9.63. The maximum atomic E-state index is 13.0. The molecule has 1 aromatic heterocycles. The molecule has 2 N–H and O–H groups in total. The number of nitrogens with zero attached hydrogens (tertiary/aromatic N) is 2. The van der Waals surface area contributed by atoms with Gasteiger partial charge in [0.05, 0.1) is 0 Å². The van der Waals surface area contributed by atoms with E-state index < -0.39 is 0 Å². The van der Waals surface area contributed by atoms with E-state index in [1.807, 2.05) is 31.2 Å². The molecular formula is C20H21FN4OS. The zero-order valence-electron chi connectivity index (χ0n) is 15.0. The van der Waals surface area contributed by atoms with Gasteiger partial charge in [-0.05, 0) is 41.8 Å². The number of rotatable bonds is 8. The van der Waals surface area contributed by atoms with Crippen molar-refractivity contribution in [2.75, 3.05) is 10.6 Å². The molecule has 0 aliphatic rings. The van der Waals surface area contributed by atoms with Crippen molar-refractivity contribution >= 4 is 28.1 Å². The molecule has 0 saturated heterocycles. The van der Waals surface area contributed by atoms with Crippen molar-refractivity contribution in [2.24, 2.45) is 0 Å². The smallest absolute Gasteiger partial charge is 0.224 e. The van der Waals surface area contributed by atoms with E-state index in [0.29, 0.717) is 19.4 Å². The van der Waals surface area contributed by atoms with Gasteiger partial charge in [0.15, 0.2) is 0 Å². The number of nitrogens with one attached hydrogen (secondary N) is 2. The molecule has 0 radical (unpaired) electrons. The van der Waals surface area contributed by atoms with Crippen LogP contribution in [0.2, 0.25) is 0 Å². The number of hydrogen-bond donors (Lipinski definition) is 2. The van der Waals surface area contributed by atoms with Gasteiger partial charge in [0.2, 0.25) is 11.0 Å². The number of benzene rings is 2. The third-order valence-electron chi connectivity index (χ3n) is 3.87. The summed E-state index contributed by atoms with van der Waals surface area (Å²) in [5, 5.41) is 16.1. The maximum Gasteiger partial charge on any atom is 0.224 e. The quantitative estimate of drug-likeness (QED) is 0.595. The van der Waals surface area contributed by atoms with Crippen LogP contribution in [-0.4, -0.2) is 16.1 Å². The minimum absolute atomic E-state index is 0.0252. The van der Waals surface area contributed by atoms with Crippen molar-refractivity contribution in [1.82, 2.24) is 10.2 Å². The second-order valence-electron chi connectivity index (χ2n) is 6.16. The summed E-state index contributed by atoms with van der Waals surface area (Å²) in [7, 11) is 0. The summed E-state index contributed by atoms with van der Waals surface area (Å²) in [6.45, 7) is 2.56. The van der Waals surface area contributed by atoms with Gasteiger partial charge in [0.1, 0.15) is 10.8 Å². The average Bonchev–Trinajstić information content (AvgIpc) is 3.10. The van der Waals surface area contributed by atoms with Crippen LogP contribution in [0.15, 0.2) is 48.5 Å². The monoisotopic (exact) mass is 384 g/mol. The molecule has 0 aliphatic carbocycles. The Morgan fingerprint density at radius 3 is 2.70 bits per heavy atom. The Morgan fingerprint density at radius 2 is 1.93 bits per heavy atom.